The summed E-state index contributed by atoms with van der Waals surface area (Å²) in [5, 5.41) is 19.0. The Balaban J connectivity index is 0.000000259. The summed E-state index contributed by atoms with van der Waals surface area (Å²) in [4.78, 5) is -0.543. The van der Waals surface area contributed by atoms with Gasteiger partial charge < -0.3 is 19.2 Å². The summed E-state index contributed by atoms with van der Waals surface area (Å²) in [6.45, 7) is 12.2. The van der Waals surface area contributed by atoms with Crippen molar-refractivity contribution in [2.75, 3.05) is 19.6 Å². The van der Waals surface area contributed by atoms with Crippen LogP contribution in [0.3, 0.4) is 0 Å². The van der Waals surface area contributed by atoms with Crippen LogP contribution >= 0.6 is 0 Å². The van der Waals surface area contributed by atoms with Crippen LogP contribution in [-0.2, 0) is 16.7 Å². The molecule has 3 aromatic carbocycles. The van der Waals surface area contributed by atoms with Crippen molar-refractivity contribution in [2.24, 2.45) is 0 Å². The number of fused-ring (bicyclic) bond motifs is 1. The molecule has 0 unspecified atom stereocenters. The molecule has 0 amide bonds. The van der Waals surface area contributed by atoms with Crippen LogP contribution in [0.1, 0.15) is 64.9 Å². The molecule has 3 rings (SSSR count). The van der Waals surface area contributed by atoms with Crippen molar-refractivity contribution in [3.8, 4) is 11.5 Å². The van der Waals surface area contributed by atoms with E-state index in [0.717, 1.165) is 12.1 Å². The Morgan fingerprint density at radius 3 is 1.78 bits per heavy atom. The molecule has 3 aromatic rings. The molecular formula is C29H41NO5S. The largest absolute Gasteiger partial charge is 0.744 e. The maximum absolute atomic E-state index is 11.0. The first-order valence-electron chi connectivity index (χ1n) is 13.0. The number of unbranched alkanes of at least 4 members (excludes halogenated alkanes) is 3. The van der Waals surface area contributed by atoms with Crippen molar-refractivity contribution in [3.63, 3.8) is 0 Å². The fourth-order valence-corrected chi connectivity index (χ4v) is 5.27. The zero-order chi connectivity index (χ0) is 26.6. The van der Waals surface area contributed by atoms with E-state index in [-0.39, 0.29) is 22.3 Å². The van der Waals surface area contributed by atoms with Crippen molar-refractivity contribution in [1.82, 2.24) is 0 Å². The van der Waals surface area contributed by atoms with Crippen LogP contribution in [0.4, 0.5) is 0 Å². The number of aromatic hydroxyl groups is 2. The zero-order valence-electron chi connectivity index (χ0n) is 21.8. The van der Waals surface area contributed by atoms with Crippen molar-refractivity contribution in [1.29, 1.82) is 0 Å². The number of phenols is 2. The van der Waals surface area contributed by atoms with Crippen molar-refractivity contribution in [3.05, 3.63) is 66.2 Å². The van der Waals surface area contributed by atoms with E-state index < -0.39 is 15.0 Å². The van der Waals surface area contributed by atoms with E-state index in [9.17, 15) is 23.2 Å². The molecule has 7 heteroatoms. The van der Waals surface area contributed by atoms with E-state index in [4.69, 9.17) is 0 Å². The fourth-order valence-electron chi connectivity index (χ4n) is 4.57. The minimum absolute atomic E-state index is 0.122. The maximum Gasteiger partial charge on any atom is 0.125 e. The second kappa shape index (κ2) is 14.2. The second-order valence-corrected chi connectivity index (χ2v) is 10.8. The molecule has 0 aliphatic heterocycles. The quantitative estimate of drug-likeness (QED) is 0.210. The molecule has 0 aromatic heterocycles. The second-order valence-electron chi connectivity index (χ2n) is 9.45. The van der Waals surface area contributed by atoms with Gasteiger partial charge in [-0.2, -0.15) is 0 Å². The molecule has 0 atom stereocenters. The Bertz CT molecular complexity index is 1160. The average molecular weight is 516 g/mol. The lowest BCUT2D eigenvalue weighted by atomic mass is 10.1. The zero-order valence-corrected chi connectivity index (χ0v) is 22.6. The first-order valence-corrected chi connectivity index (χ1v) is 14.4. The van der Waals surface area contributed by atoms with Crippen LogP contribution < -0.4 is 0 Å². The number of benzene rings is 3. The standard InChI is InChI=1S/C19H34N.C10H8O5S/c1-4-7-15-20(16-8-5-2,17-9-6-3)18-19-13-11-10-12-14-19;11-7-4-5-9(16(13,14)15)10-6(7)2-1-3-8(10)12/h10-14H,4-9,15-18H2,1-3H3;1-5,11-12H,(H,13,14,15)/q+1;/p-1. The molecule has 6 nitrogen and oxygen atoms in total. The normalized spacial score (nSPS) is 11.8. The van der Waals surface area contributed by atoms with Gasteiger partial charge in [0, 0.05) is 16.3 Å². The third-order valence-corrected chi connectivity index (χ3v) is 7.42. The molecule has 0 saturated carbocycles. The Kier molecular flexibility index (Phi) is 11.7. The molecule has 0 fully saturated rings. The number of rotatable bonds is 12. The molecule has 36 heavy (non-hydrogen) atoms. The molecule has 0 aliphatic carbocycles. The van der Waals surface area contributed by atoms with Gasteiger partial charge >= 0.3 is 0 Å². The summed E-state index contributed by atoms with van der Waals surface area (Å²) in [7, 11) is -4.69. The minimum Gasteiger partial charge on any atom is -0.744 e. The minimum atomic E-state index is -4.69. The van der Waals surface area contributed by atoms with Crippen LogP contribution in [-0.4, -0.2) is 47.3 Å². The summed E-state index contributed by atoms with van der Waals surface area (Å²) in [5.41, 5.74) is 1.51. The molecule has 0 spiro atoms. The first-order chi connectivity index (χ1) is 17.2. The lowest BCUT2D eigenvalue weighted by Gasteiger charge is -2.39. The third-order valence-electron chi connectivity index (χ3n) is 6.55. The molecule has 0 aliphatic rings. The summed E-state index contributed by atoms with van der Waals surface area (Å²) in [5.74, 6) is -0.555. The predicted molar refractivity (Wildman–Crippen MR) is 145 cm³/mol. The van der Waals surface area contributed by atoms with Gasteiger partial charge in [-0.3, -0.25) is 0 Å². The Morgan fingerprint density at radius 2 is 1.28 bits per heavy atom. The van der Waals surface area contributed by atoms with E-state index in [1.165, 1.54) is 92.9 Å². The molecular weight excluding hydrogens is 474 g/mol. The molecule has 0 radical (unpaired) electrons. The molecule has 0 saturated heterocycles. The van der Waals surface area contributed by atoms with Gasteiger partial charge in [0.05, 0.1) is 24.5 Å². The van der Waals surface area contributed by atoms with Crippen LogP contribution in [0.15, 0.2) is 65.6 Å². The average Bonchev–Trinajstić information content (AvgIpc) is 2.86. The summed E-state index contributed by atoms with van der Waals surface area (Å²) < 4.78 is 34.2. The van der Waals surface area contributed by atoms with E-state index >= 15 is 0 Å². The third kappa shape index (κ3) is 8.50. The van der Waals surface area contributed by atoms with Crippen LogP contribution in [0.5, 0.6) is 11.5 Å². The van der Waals surface area contributed by atoms with E-state index in [1.807, 2.05) is 0 Å². The van der Waals surface area contributed by atoms with Crippen LogP contribution in [0.2, 0.25) is 0 Å². The number of hydrogen-bond donors (Lipinski definition) is 2. The highest BCUT2D eigenvalue weighted by Crippen LogP contribution is 2.35. The highest BCUT2D eigenvalue weighted by molar-refractivity contribution is 7.86. The smallest absolute Gasteiger partial charge is 0.125 e. The van der Waals surface area contributed by atoms with E-state index in [2.05, 4.69) is 51.1 Å². The number of phenolic OH excluding ortho intramolecular Hbond substituents is 2. The Labute approximate surface area is 216 Å². The van der Waals surface area contributed by atoms with Gasteiger partial charge in [0.25, 0.3) is 0 Å². The monoisotopic (exact) mass is 515 g/mol. The molecule has 2 N–H and O–H groups in total. The van der Waals surface area contributed by atoms with Crippen LogP contribution in [0, 0.1) is 0 Å². The number of hydrogen-bond acceptors (Lipinski definition) is 5. The van der Waals surface area contributed by atoms with Gasteiger partial charge in [0.15, 0.2) is 0 Å². The van der Waals surface area contributed by atoms with Crippen molar-refractivity contribution in [2.45, 2.75) is 70.7 Å². The highest BCUT2D eigenvalue weighted by Gasteiger charge is 2.26. The molecule has 0 heterocycles. The van der Waals surface area contributed by atoms with Gasteiger partial charge in [-0.05, 0) is 37.5 Å². The predicted octanol–water partition coefficient (Wildman–Crippen LogP) is 6.56. The Morgan fingerprint density at radius 1 is 0.722 bits per heavy atom. The summed E-state index contributed by atoms with van der Waals surface area (Å²) >= 11 is 0. The fraction of sp³-hybridized carbons (Fsp3) is 0.448. The van der Waals surface area contributed by atoms with Crippen LogP contribution in [0.25, 0.3) is 10.8 Å². The van der Waals surface area contributed by atoms with Gasteiger partial charge in [0.2, 0.25) is 0 Å². The van der Waals surface area contributed by atoms with Gasteiger partial charge in [-0.1, -0.05) is 82.5 Å². The van der Waals surface area contributed by atoms with Gasteiger partial charge in [0.1, 0.15) is 28.2 Å². The highest BCUT2D eigenvalue weighted by atomic mass is 32.2. The number of nitrogens with zero attached hydrogens (tertiary/aromatic N) is 1. The summed E-state index contributed by atoms with van der Waals surface area (Å²) in [6.07, 6.45) is 8.02. The van der Waals surface area contributed by atoms with Crippen molar-refractivity contribution < 1.29 is 27.7 Å². The van der Waals surface area contributed by atoms with E-state index in [0.29, 0.717) is 0 Å². The number of quaternary nitrogens is 1. The summed E-state index contributed by atoms with van der Waals surface area (Å²) in [6, 6.07) is 17.3. The maximum atomic E-state index is 11.0. The van der Waals surface area contributed by atoms with Crippen molar-refractivity contribution >= 4 is 20.9 Å². The van der Waals surface area contributed by atoms with Gasteiger partial charge in [-0.15, -0.1) is 0 Å². The molecule has 198 valence electrons. The SMILES string of the molecule is CCCC[N+](CCCC)(CCCC)Cc1ccccc1.O=S(=O)([O-])c1ccc(O)c2cccc(O)c12. The molecule has 0 bridgehead atoms. The van der Waals surface area contributed by atoms with Gasteiger partial charge in [-0.25, -0.2) is 8.42 Å². The lowest BCUT2D eigenvalue weighted by molar-refractivity contribution is -0.941. The topological polar surface area (TPSA) is 97.7 Å². The lowest BCUT2D eigenvalue weighted by Crippen LogP contribution is -2.49. The Hall–Kier alpha value is -2.61. The van der Waals surface area contributed by atoms with E-state index in [1.54, 1.807) is 0 Å². The first kappa shape index (κ1) is 29.6.